The fourth-order valence-corrected chi connectivity index (χ4v) is 2.14. The third-order valence-electron chi connectivity index (χ3n) is 3.46. The highest BCUT2D eigenvalue weighted by Gasteiger charge is 2.15. The van der Waals surface area contributed by atoms with E-state index in [9.17, 15) is 14.4 Å². The molecule has 0 aliphatic heterocycles. The van der Waals surface area contributed by atoms with E-state index in [0.29, 0.717) is 10.9 Å². The second-order valence-corrected chi connectivity index (χ2v) is 5.43. The van der Waals surface area contributed by atoms with Crippen LogP contribution in [0.5, 0.6) is 0 Å². The largest absolute Gasteiger partial charge is 0.462 e. The molecule has 5 heteroatoms. The summed E-state index contributed by atoms with van der Waals surface area (Å²) in [5, 5.41) is 0.389. The molecule has 2 aromatic rings. The van der Waals surface area contributed by atoms with Crippen molar-refractivity contribution in [2.75, 3.05) is 6.61 Å². The van der Waals surface area contributed by atoms with Gasteiger partial charge >= 0.3 is 5.97 Å². The molecule has 1 N–H and O–H groups in total. The van der Waals surface area contributed by atoms with E-state index in [1.807, 2.05) is 19.9 Å². The van der Waals surface area contributed by atoms with Crippen LogP contribution in [0.4, 0.5) is 0 Å². The number of aromatic amines is 1. The molecule has 0 spiro atoms. The van der Waals surface area contributed by atoms with Gasteiger partial charge in [0.1, 0.15) is 11.3 Å². The number of rotatable bonds is 5. The van der Waals surface area contributed by atoms with Crippen molar-refractivity contribution in [1.82, 2.24) is 4.98 Å². The predicted molar refractivity (Wildman–Crippen MR) is 84.1 cm³/mol. The Morgan fingerprint density at radius 1 is 1.27 bits per heavy atom. The van der Waals surface area contributed by atoms with Gasteiger partial charge in [0.05, 0.1) is 6.61 Å². The van der Waals surface area contributed by atoms with E-state index in [-0.39, 0.29) is 35.7 Å². The number of H-pyrrole nitrogens is 1. The number of fused-ring (bicyclic) bond motifs is 1. The van der Waals surface area contributed by atoms with Crippen LogP contribution in [0.3, 0.4) is 0 Å². The monoisotopic (exact) mass is 301 g/mol. The number of ketones is 1. The Hall–Kier alpha value is -2.43. The summed E-state index contributed by atoms with van der Waals surface area (Å²) in [6.07, 6.45) is 1.64. The highest BCUT2D eigenvalue weighted by atomic mass is 16.5. The Morgan fingerprint density at radius 3 is 2.64 bits per heavy atom. The van der Waals surface area contributed by atoms with Gasteiger partial charge in [-0.1, -0.05) is 19.9 Å². The van der Waals surface area contributed by atoms with E-state index in [0.717, 1.165) is 5.56 Å². The molecule has 1 heterocycles. The fourth-order valence-electron chi connectivity index (χ4n) is 2.14. The first-order chi connectivity index (χ1) is 10.4. The number of hydrogen-bond donors (Lipinski definition) is 1. The van der Waals surface area contributed by atoms with E-state index >= 15 is 0 Å². The lowest BCUT2D eigenvalue weighted by Gasteiger charge is -2.07. The van der Waals surface area contributed by atoms with Crippen molar-refractivity contribution in [3.63, 3.8) is 0 Å². The maximum atomic E-state index is 12.4. The zero-order valence-corrected chi connectivity index (χ0v) is 12.9. The molecule has 2 rings (SSSR count). The van der Waals surface area contributed by atoms with Gasteiger partial charge in [-0.15, -0.1) is 0 Å². The Bertz CT molecular complexity index is 774. The van der Waals surface area contributed by atoms with Crippen LogP contribution in [0.25, 0.3) is 10.9 Å². The zero-order valence-electron chi connectivity index (χ0n) is 12.9. The molecule has 0 amide bonds. The van der Waals surface area contributed by atoms with Gasteiger partial charge < -0.3 is 9.72 Å². The molecule has 0 fully saturated rings. The second kappa shape index (κ2) is 6.56. The first-order valence-corrected chi connectivity index (χ1v) is 7.28. The Labute approximate surface area is 128 Å². The molecule has 116 valence electrons. The summed E-state index contributed by atoms with van der Waals surface area (Å²) in [6.45, 7) is 5.58. The number of hydrogen-bond acceptors (Lipinski definition) is 4. The second-order valence-electron chi connectivity index (χ2n) is 5.43. The molecule has 0 radical (unpaired) electrons. The maximum Gasteiger partial charge on any atom is 0.343 e. The van der Waals surface area contributed by atoms with Crippen LogP contribution in [0.2, 0.25) is 0 Å². The number of benzene rings is 1. The normalized spacial score (nSPS) is 10.9. The standard InChI is InChI=1S/C17H19NO4/c1-4-22-17(21)13-9-18-14-6-5-11(7-12(14)16(13)20)8-15(19)10(2)3/h5-7,9-10H,4,8H2,1-3H3,(H,18,20). The van der Waals surface area contributed by atoms with Gasteiger partial charge in [-0.25, -0.2) is 4.79 Å². The van der Waals surface area contributed by atoms with E-state index in [1.54, 1.807) is 19.1 Å². The lowest BCUT2D eigenvalue weighted by molar-refractivity contribution is -0.121. The SMILES string of the molecule is CCOC(=O)c1c[nH]c2ccc(CC(=O)C(C)C)cc2c1=O. The summed E-state index contributed by atoms with van der Waals surface area (Å²) in [7, 11) is 0. The highest BCUT2D eigenvalue weighted by Crippen LogP contribution is 2.14. The van der Waals surface area contributed by atoms with Crippen LogP contribution in [-0.2, 0) is 16.0 Å². The molecule has 0 aliphatic rings. The van der Waals surface area contributed by atoms with Gasteiger partial charge in [0.25, 0.3) is 0 Å². The summed E-state index contributed by atoms with van der Waals surface area (Å²) < 4.78 is 4.87. The van der Waals surface area contributed by atoms with Crippen molar-refractivity contribution in [3.8, 4) is 0 Å². The predicted octanol–water partition coefficient (Wildman–Crippen LogP) is 2.47. The average molecular weight is 301 g/mol. The molecular formula is C17H19NO4. The molecule has 0 saturated carbocycles. The lowest BCUT2D eigenvalue weighted by Crippen LogP contribution is -2.18. The number of pyridine rings is 1. The van der Waals surface area contributed by atoms with Gasteiger partial charge in [0.15, 0.2) is 0 Å². The van der Waals surface area contributed by atoms with Crippen molar-refractivity contribution in [3.05, 3.63) is 45.7 Å². The highest BCUT2D eigenvalue weighted by molar-refractivity contribution is 5.94. The number of ether oxygens (including phenoxy) is 1. The summed E-state index contributed by atoms with van der Waals surface area (Å²) in [5.41, 5.74) is 0.976. The van der Waals surface area contributed by atoms with Crippen molar-refractivity contribution in [2.45, 2.75) is 27.2 Å². The van der Waals surface area contributed by atoms with Crippen molar-refractivity contribution in [1.29, 1.82) is 0 Å². The van der Waals surface area contributed by atoms with Crippen LogP contribution < -0.4 is 5.43 Å². The Kier molecular flexibility index (Phi) is 4.75. The van der Waals surface area contributed by atoms with E-state index in [2.05, 4.69) is 4.98 Å². The molecule has 0 unspecified atom stereocenters. The van der Waals surface area contributed by atoms with Crippen molar-refractivity contribution >= 4 is 22.7 Å². The fraction of sp³-hybridized carbons (Fsp3) is 0.353. The Morgan fingerprint density at radius 2 is 2.00 bits per heavy atom. The molecule has 0 atom stereocenters. The summed E-state index contributed by atoms with van der Waals surface area (Å²) in [5.74, 6) is -0.591. The molecule has 0 aliphatic carbocycles. The topological polar surface area (TPSA) is 76.2 Å². The maximum absolute atomic E-state index is 12.4. The number of esters is 1. The summed E-state index contributed by atoms with van der Waals surface area (Å²) >= 11 is 0. The van der Waals surface area contributed by atoms with Crippen LogP contribution in [0.1, 0.15) is 36.7 Å². The van der Waals surface area contributed by atoms with Gasteiger partial charge in [-0.3, -0.25) is 9.59 Å². The number of aromatic nitrogens is 1. The minimum atomic E-state index is -0.644. The number of nitrogens with one attached hydrogen (secondary N) is 1. The average Bonchev–Trinajstić information content (AvgIpc) is 2.48. The zero-order chi connectivity index (χ0) is 16.3. The van der Waals surface area contributed by atoms with Gasteiger partial charge in [0, 0.05) is 29.4 Å². The van der Waals surface area contributed by atoms with Crippen LogP contribution in [-0.4, -0.2) is 23.3 Å². The molecule has 0 saturated heterocycles. The quantitative estimate of drug-likeness (QED) is 0.861. The summed E-state index contributed by atoms with van der Waals surface area (Å²) in [6, 6.07) is 5.22. The van der Waals surface area contributed by atoms with E-state index in [4.69, 9.17) is 4.74 Å². The van der Waals surface area contributed by atoms with Gasteiger partial charge in [-0.2, -0.15) is 0 Å². The van der Waals surface area contributed by atoms with Gasteiger partial charge in [0.2, 0.25) is 5.43 Å². The van der Waals surface area contributed by atoms with Gasteiger partial charge in [-0.05, 0) is 24.6 Å². The molecule has 5 nitrogen and oxygen atoms in total. The van der Waals surface area contributed by atoms with E-state index in [1.165, 1.54) is 6.20 Å². The number of carbonyl (C=O) groups excluding carboxylic acids is 2. The summed E-state index contributed by atoms with van der Waals surface area (Å²) in [4.78, 5) is 38.9. The number of Topliss-reactive ketones (excluding diaryl/α,β-unsaturated/α-hetero) is 1. The van der Waals surface area contributed by atoms with Crippen LogP contribution in [0, 0.1) is 5.92 Å². The smallest absolute Gasteiger partial charge is 0.343 e. The molecular weight excluding hydrogens is 282 g/mol. The molecule has 22 heavy (non-hydrogen) atoms. The Balaban J connectivity index is 2.46. The lowest BCUT2D eigenvalue weighted by atomic mass is 9.99. The first kappa shape index (κ1) is 15.9. The minimum Gasteiger partial charge on any atom is -0.462 e. The number of carbonyl (C=O) groups is 2. The third-order valence-corrected chi connectivity index (χ3v) is 3.46. The van der Waals surface area contributed by atoms with Crippen LogP contribution in [0.15, 0.2) is 29.2 Å². The minimum absolute atomic E-state index is 0.0262. The molecule has 1 aromatic carbocycles. The van der Waals surface area contributed by atoms with E-state index < -0.39 is 5.97 Å². The van der Waals surface area contributed by atoms with Crippen LogP contribution >= 0.6 is 0 Å². The first-order valence-electron chi connectivity index (χ1n) is 7.28. The molecule has 0 bridgehead atoms. The third kappa shape index (κ3) is 3.24. The molecule has 1 aromatic heterocycles. The van der Waals surface area contributed by atoms with Crippen molar-refractivity contribution < 1.29 is 14.3 Å². The van der Waals surface area contributed by atoms with Crippen molar-refractivity contribution in [2.24, 2.45) is 5.92 Å².